The van der Waals surface area contributed by atoms with Gasteiger partial charge in [-0.05, 0) is 30.7 Å². The van der Waals surface area contributed by atoms with Crippen LogP contribution < -0.4 is 4.74 Å². The fourth-order valence-corrected chi connectivity index (χ4v) is 2.04. The molecule has 2 aromatic carbocycles. The summed E-state index contributed by atoms with van der Waals surface area (Å²) >= 11 is 6.04. The Balaban J connectivity index is 2.14. The molecule has 0 aliphatic rings. The predicted octanol–water partition coefficient (Wildman–Crippen LogP) is 4.55. The van der Waals surface area contributed by atoms with E-state index in [2.05, 4.69) is 0 Å². The number of rotatable bonds is 4. The summed E-state index contributed by atoms with van der Waals surface area (Å²) in [6.45, 7) is 1.99. The van der Waals surface area contributed by atoms with E-state index in [1.165, 1.54) is 0 Å². The highest BCUT2D eigenvalue weighted by Crippen LogP contribution is 2.25. The molecule has 2 aromatic rings. The number of halogens is 1. The van der Waals surface area contributed by atoms with Gasteiger partial charge in [0.15, 0.2) is 5.78 Å². The minimum atomic E-state index is -0.0306. The SMILES string of the molecule is COc1ccc(C=CC(=O)c2ccc(C)cc2)cc1Cl. The summed E-state index contributed by atoms with van der Waals surface area (Å²) in [5.74, 6) is 0.589. The van der Waals surface area contributed by atoms with E-state index in [1.54, 1.807) is 31.4 Å². The van der Waals surface area contributed by atoms with Gasteiger partial charge in [0.2, 0.25) is 0 Å². The van der Waals surface area contributed by atoms with Crippen LogP contribution in [-0.2, 0) is 0 Å². The smallest absolute Gasteiger partial charge is 0.185 e. The summed E-state index contributed by atoms with van der Waals surface area (Å²) in [5, 5.41) is 0.525. The van der Waals surface area contributed by atoms with Gasteiger partial charge in [-0.15, -0.1) is 0 Å². The van der Waals surface area contributed by atoms with Gasteiger partial charge in [-0.1, -0.05) is 53.6 Å². The first-order valence-corrected chi connectivity index (χ1v) is 6.60. The molecule has 3 heteroatoms. The van der Waals surface area contributed by atoms with Gasteiger partial charge in [-0.3, -0.25) is 4.79 Å². The van der Waals surface area contributed by atoms with Gasteiger partial charge in [0, 0.05) is 5.56 Å². The molecule has 0 saturated heterocycles. The summed E-state index contributed by atoms with van der Waals surface area (Å²) in [6.07, 6.45) is 3.29. The number of methoxy groups -OCH3 is 1. The first-order chi connectivity index (χ1) is 9.60. The van der Waals surface area contributed by atoms with Crippen LogP contribution in [-0.4, -0.2) is 12.9 Å². The van der Waals surface area contributed by atoms with Crippen molar-refractivity contribution >= 4 is 23.5 Å². The van der Waals surface area contributed by atoms with Crippen molar-refractivity contribution in [3.8, 4) is 5.75 Å². The van der Waals surface area contributed by atoms with E-state index in [4.69, 9.17) is 16.3 Å². The number of hydrogen-bond donors (Lipinski definition) is 0. The lowest BCUT2D eigenvalue weighted by molar-refractivity contribution is 0.104. The zero-order chi connectivity index (χ0) is 14.5. The Morgan fingerprint density at radius 2 is 1.85 bits per heavy atom. The van der Waals surface area contributed by atoms with Crippen LogP contribution in [0.15, 0.2) is 48.5 Å². The highest BCUT2D eigenvalue weighted by Gasteiger charge is 2.02. The van der Waals surface area contributed by atoms with Crippen molar-refractivity contribution in [1.29, 1.82) is 0 Å². The summed E-state index contributed by atoms with van der Waals surface area (Å²) < 4.78 is 5.08. The average molecular weight is 287 g/mol. The Morgan fingerprint density at radius 1 is 1.15 bits per heavy atom. The standard InChI is InChI=1S/C17H15ClO2/c1-12-3-7-14(8-4-12)16(19)9-5-13-6-10-17(20-2)15(18)11-13/h3-11H,1-2H3. The van der Waals surface area contributed by atoms with Gasteiger partial charge in [-0.25, -0.2) is 0 Å². The molecule has 0 bridgehead atoms. The summed E-state index contributed by atoms with van der Waals surface area (Å²) in [5.41, 5.74) is 2.66. The molecule has 0 spiro atoms. The van der Waals surface area contributed by atoms with E-state index in [0.717, 1.165) is 11.1 Å². The second-order valence-corrected chi connectivity index (χ2v) is 4.86. The van der Waals surface area contributed by atoms with Crippen molar-refractivity contribution in [2.45, 2.75) is 6.92 Å². The topological polar surface area (TPSA) is 26.3 Å². The molecule has 0 amide bonds. The number of hydrogen-bond acceptors (Lipinski definition) is 2. The van der Waals surface area contributed by atoms with Crippen LogP contribution in [0.4, 0.5) is 0 Å². The summed E-state index contributed by atoms with van der Waals surface area (Å²) in [6, 6.07) is 12.9. The van der Waals surface area contributed by atoms with E-state index in [1.807, 2.05) is 37.3 Å². The molecule has 0 saturated carbocycles. The zero-order valence-corrected chi connectivity index (χ0v) is 12.1. The molecule has 0 heterocycles. The van der Waals surface area contributed by atoms with Crippen molar-refractivity contribution in [3.63, 3.8) is 0 Å². The van der Waals surface area contributed by atoms with Gasteiger partial charge < -0.3 is 4.74 Å². The number of ether oxygens (including phenoxy) is 1. The van der Waals surface area contributed by atoms with Crippen molar-refractivity contribution < 1.29 is 9.53 Å². The highest BCUT2D eigenvalue weighted by atomic mass is 35.5. The van der Waals surface area contributed by atoms with E-state index in [0.29, 0.717) is 16.3 Å². The molecule has 0 N–H and O–H groups in total. The lowest BCUT2D eigenvalue weighted by atomic mass is 10.1. The van der Waals surface area contributed by atoms with Crippen molar-refractivity contribution in [1.82, 2.24) is 0 Å². The Morgan fingerprint density at radius 3 is 2.45 bits per heavy atom. The maximum Gasteiger partial charge on any atom is 0.185 e. The molecule has 0 radical (unpaired) electrons. The van der Waals surface area contributed by atoms with Gasteiger partial charge in [0.25, 0.3) is 0 Å². The molecule has 2 rings (SSSR count). The Hall–Kier alpha value is -2.06. The van der Waals surface area contributed by atoms with E-state index >= 15 is 0 Å². The first-order valence-electron chi connectivity index (χ1n) is 6.23. The number of ketones is 1. The van der Waals surface area contributed by atoms with Gasteiger partial charge >= 0.3 is 0 Å². The first kappa shape index (κ1) is 14.4. The van der Waals surface area contributed by atoms with Gasteiger partial charge in [0.1, 0.15) is 5.75 Å². The second-order valence-electron chi connectivity index (χ2n) is 4.46. The van der Waals surface area contributed by atoms with Crippen molar-refractivity contribution in [3.05, 3.63) is 70.3 Å². The molecular weight excluding hydrogens is 272 g/mol. The lowest BCUT2D eigenvalue weighted by Crippen LogP contribution is -1.93. The molecular formula is C17H15ClO2. The molecule has 0 atom stereocenters. The minimum absolute atomic E-state index is 0.0306. The van der Waals surface area contributed by atoms with Gasteiger partial charge in [0.05, 0.1) is 12.1 Å². The maximum atomic E-state index is 12.0. The highest BCUT2D eigenvalue weighted by molar-refractivity contribution is 6.32. The van der Waals surface area contributed by atoms with Crippen LogP contribution >= 0.6 is 11.6 Å². The third-order valence-electron chi connectivity index (χ3n) is 2.94. The monoisotopic (exact) mass is 286 g/mol. The molecule has 0 aliphatic heterocycles. The van der Waals surface area contributed by atoms with Crippen LogP contribution in [0.2, 0.25) is 5.02 Å². The van der Waals surface area contributed by atoms with Crippen LogP contribution in [0, 0.1) is 6.92 Å². The van der Waals surface area contributed by atoms with E-state index < -0.39 is 0 Å². The number of allylic oxidation sites excluding steroid dienone is 1. The van der Waals surface area contributed by atoms with Gasteiger partial charge in [-0.2, -0.15) is 0 Å². The maximum absolute atomic E-state index is 12.0. The number of carbonyl (C=O) groups is 1. The third-order valence-corrected chi connectivity index (χ3v) is 3.23. The number of carbonyl (C=O) groups excluding carboxylic acids is 1. The molecule has 0 unspecified atom stereocenters. The van der Waals surface area contributed by atoms with E-state index in [-0.39, 0.29) is 5.78 Å². The largest absolute Gasteiger partial charge is 0.495 e. The van der Waals surface area contributed by atoms with E-state index in [9.17, 15) is 4.79 Å². The zero-order valence-electron chi connectivity index (χ0n) is 11.4. The van der Waals surface area contributed by atoms with Crippen LogP contribution in [0.1, 0.15) is 21.5 Å². The molecule has 0 fully saturated rings. The fourth-order valence-electron chi connectivity index (χ4n) is 1.77. The quantitative estimate of drug-likeness (QED) is 0.609. The van der Waals surface area contributed by atoms with Crippen molar-refractivity contribution in [2.24, 2.45) is 0 Å². The van der Waals surface area contributed by atoms with Crippen LogP contribution in [0.25, 0.3) is 6.08 Å². The normalized spacial score (nSPS) is 10.8. The number of benzene rings is 2. The lowest BCUT2D eigenvalue weighted by Gasteiger charge is -2.03. The second kappa shape index (κ2) is 6.40. The summed E-state index contributed by atoms with van der Waals surface area (Å²) in [4.78, 5) is 12.0. The fraction of sp³-hybridized carbons (Fsp3) is 0.118. The Bertz CT molecular complexity index is 643. The molecule has 0 aliphatic carbocycles. The Kier molecular flexibility index (Phi) is 4.59. The van der Waals surface area contributed by atoms with Crippen molar-refractivity contribution in [2.75, 3.05) is 7.11 Å². The number of aryl methyl sites for hydroxylation is 1. The average Bonchev–Trinajstić information content (AvgIpc) is 2.45. The minimum Gasteiger partial charge on any atom is -0.495 e. The molecule has 102 valence electrons. The Labute approximate surface area is 123 Å². The molecule has 20 heavy (non-hydrogen) atoms. The van der Waals surface area contributed by atoms with Crippen LogP contribution in [0.5, 0.6) is 5.75 Å². The molecule has 2 nitrogen and oxygen atoms in total. The van der Waals surface area contributed by atoms with Crippen LogP contribution in [0.3, 0.4) is 0 Å². The summed E-state index contributed by atoms with van der Waals surface area (Å²) in [7, 11) is 1.57. The molecule has 0 aromatic heterocycles. The predicted molar refractivity (Wildman–Crippen MR) is 82.5 cm³/mol. The third kappa shape index (κ3) is 3.49.